The lowest BCUT2D eigenvalue weighted by molar-refractivity contribution is -0.0366. The largest absolute Gasteiger partial charge is 0.434 e. The molecule has 1 aromatic carbocycles. The second-order valence-corrected chi connectivity index (χ2v) is 5.23. The fraction of sp³-hybridized carbons (Fsp3) is 0.357. The molecular weight excluding hydrogens is 228 g/mol. The molecule has 4 nitrogen and oxygen atoms in total. The zero-order valence-corrected chi connectivity index (χ0v) is 9.98. The molecule has 0 radical (unpaired) electrons. The van der Waals surface area contributed by atoms with Crippen molar-refractivity contribution in [2.45, 2.75) is 31.4 Å². The standard InChI is InChI=1S/C14H14N2O2/c15-10-3-4-11-9(7-10)8-12-13(17)18-14(16(11)12)5-1-2-6-14/h3-4,7-8H,1-2,5-6,15H2. The van der Waals surface area contributed by atoms with Gasteiger partial charge in [0.2, 0.25) is 0 Å². The maximum Gasteiger partial charge on any atom is 0.357 e. The summed E-state index contributed by atoms with van der Waals surface area (Å²) >= 11 is 0. The molecule has 1 aliphatic carbocycles. The van der Waals surface area contributed by atoms with Gasteiger partial charge in [-0.05, 0) is 37.1 Å². The lowest BCUT2D eigenvalue weighted by Crippen LogP contribution is -2.28. The molecule has 1 fully saturated rings. The van der Waals surface area contributed by atoms with Crippen LogP contribution in [0.1, 0.15) is 36.2 Å². The third kappa shape index (κ3) is 1.08. The first kappa shape index (κ1) is 10.00. The van der Waals surface area contributed by atoms with E-state index >= 15 is 0 Å². The zero-order chi connectivity index (χ0) is 12.3. The van der Waals surface area contributed by atoms with Gasteiger partial charge >= 0.3 is 5.97 Å². The van der Waals surface area contributed by atoms with Crippen molar-refractivity contribution in [3.63, 3.8) is 0 Å². The van der Waals surface area contributed by atoms with Crippen LogP contribution in [0.3, 0.4) is 0 Å². The molecule has 0 amide bonds. The Balaban J connectivity index is 2.05. The third-order valence-corrected chi connectivity index (χ3v) is 4.11. The number of nitrogens with two attached hydrogens (primary N) is 1. The molecule has 1 saturated carbocycles. The van der Waals surface area contributed by atoms with Gasteiger partial charge in [0.25, 0.3) is 0 Å². The molecule has 1 aromatic heterocycles. The number of carbonyl (C=O) groups excluding carboxylic acids is 1. The van der Waals surface area contributed by atoms with E-state index in [1.807, 2.05) is 24.3 Å². The van der Waals surface area contributed by atoms with E-state index in [0.717, 1.165) is 42.3 Å². The summed E-state index contributed by atoms with van der Waals surface area (Å²) in [6, 6.07) is 7.66. The lowest BCUT2D eigenvalue weighted by atomic mass is 10.1. The Morgan fingerprint density at radius 2 is 2.00 bits per heavy atom. The van der Waals surface area contributed by atoms with Crippen molar-refractivity contribution >= 4 is 22.6 Å². The van der Waals surface area contributed by atoms with E-state index in [9.17, 15) is 4.79 Å². The quantitative estimate of drug-likeness (QED) is 0.570. The normalized spacial score (nSPS) is 20.6. The van der Waals surface area contributed by atoms with E-state index in [1.165, 1.54) is 0 Å². The van der Waals surface area contributed by atoms with Crippen LogP contribution in [0.5, 0.6) is 0 Å². The van der Waals surface area contributed by atoms with Gasteiger partial charge in [0, 0.05) is 23.9 Å². The van der Waals surface area contributed by atoms with E-state index in [-0.39, 0.29) is 5.97 Å². The highest BCUT2D eigenvalue weighted by molar-refractivity contribution is 5.98. The zero-order valence-electron chi connectivity index (χ0n) is 9.98. The van der Waals surface area contributed by atoms with Crippen LogP contribution in [0, 0.1) is 0 Å². The van der Waals surface area contributed by atoms with Crippen molar-refractivity contribution in [1.82, 2.24) is 4.57 Å². The third-order valence-electron chi connectivity index (χ3n) is 4.11. The van der Waals surface area contributed by atoms with Gasteiger partial charge in [0.15, 0.2) is 5.72 Å². The van der Waals surface area contributed by atoms with Gasteiger partial charge < -0.3 is 10.5 Å². The number of hydrogen-bond acceptors (Lipinski definition) is 3. The summed E-state index contributed by atoms with van der Waals surface area (Å²) in [5.41, 5.74) is 7.81. The number of esters is 1. The second-order valence-electron chi connectivity index (χ2n) is 5.23. The predicted molar refractivity (Wildman–Crippen MR) is 68.2 cm³/mol. The highest BCUT2D eigenvalue weighted by Crippen LogP contribution is 2.46. The van der Waals surface area contributed by atoms with Crippen molar-refractivity contribution in [1.29, 1.82) is 0 Å². The summed E-state index contributed by atoms with van der Waals surface area (Å²) in [5.74, 6) is -0.202. The van der Waals surface area contributed by atoms with Crippen molar-refractivity contribution in [3.8, 4) is 0 Å². The topological polar surface area (TPSA) is 57.2 Å². The van der Waals surface area contributed by atoms with Crippen LogP contribution in [-0.4, -0.2) is 10.5 Å². The molecule has 4 rings (SSSR count). The molecule has 2 aliphatic rings. The molecule has 2 N–H and O–H groups in total. The summed E-state index contributed by atoms with van der Waals surface area (Å²) in [7, 11) is 0. The van der Waals surface area contributed by atoms with Crippen molar-refractivity contribution in [2.75, 3.05) is 5.73 Å². The minimum absolute atomic E-state index is 0.202. The Labute approximate surface area is 104 Å². The first-order valence-corrected chi connectivity index (χ1v) is 6.34. The maximum absolute atomic E-state index is 12.0. The van der Waals surface area contributed by atoms with Crippen LogP contribution in [0.15, 0.2) is 24.3 Å². The van der Waals surface area contributed by atoms with Crippen LogP contribution in [0.25, 0.3) is 10.9 Å². The number of aromatic nitrogens is 1. The maximum atomic E-state index is 12.0. The van der Waals surface area contributed by atoms with Crippen LogP contribution < -0.4 is 5.73 Å². The van der Waals surface area contributed by atoms with Gasteiger partial charge in [-0.1, -0.05) is 0 Å². The summed E-state index contributed by atoms with van der Waals surface area (Å²) in [6.45, 7) is 0. The number of fused-ring (bicyclic) bond motifs is 4. The van der Waals surface area contributed by atoms with Crippen molar-refractivity contribution in [2.24, 2.45) is 0 Å². The molecule has 18 heavy (non-hydrogen) atoms. The Morgan fingerprint density at radius 3 is 2.78 bits per heavy atom. The molecule has 92 valence electrons. The van der Waals surface area contributed by atoms with E-state index in [1.54, 1.807) is 0 Å². The van der Waals surface area contributed by atoms with Gasteiger partial charge in [0.05, 0.1) is 5.52 Å². The number of anilines is 1. The number of benzene rings is 1. The number of nitrogen functional groups attached to an aromatic ring is 1. The SMILES string of the molecule is Nc1ccc2c(c1)cc1n2C2(CCCC2)OC1=O. The molecule has 2 heterocycles. The summed E-state index contributed by atoms with van der Waals surface area (Å²) < 4.78 is 7.73. The van der Waals surface area contributed by atoms with Crippen LogP contribution in [-0.2, 0) is 10.5 Å². The summed E-state index contributed by atoms with van der Waals surface area (Å²) in [6.07, 6.45) is 4.06. The minimum Gasteiger partial charge on any atom is -0.434 e. The summed E-state index contributed by atoms with van der Waals surface area (Å²) in [4.78, 5) is 12.0. The number of nitrogens with zero attached hydrogens (tertiary/aromatic N) is 1. The molecule has 0 bridgehead atoms. The van der Waals surface area contributed by atoms with Gasteiger partial charge in [-0.2, -0.15) is 0 Å². The Hall–Kier alpha value is -1.97. The molecule has 1 aliphatic heterocycles. The van der Waals surface area contributed by atoms with Crippen LogP contribution in [0.4, 0.5) is 5.69 Å². The minimum atomic E-state index is -0.426. The van der Waals surface area contributed by atoms with Crippen molar-refractivity contribution in [3.05, 3.63) is 30.0 Å². The molecule has 4 heteroatoms. The first-order chi connectivity index (χ1) is 8.70. The first-order valence-electron chi connectivity index (χ1n) is 6.34. The van der Waals surface area contributed by atoms with E-state index in [4.69, 9.17) is 10.5 Å². The highest BCUT2D eigenvalue weighted by atomic mass is 16.6. The Kier molecular flexibility index (Phi) is 1.71. The molecule has 2 aromatic rings. The number of carbonyl (C=O) groups is 1. The van der Waals surface area contributed by atoms with Gasteiger partial charge in [-0.15, -0.1) is 0 Å². The molecule has 1 spiro atoms. The average molecular weight is 242 g/mol. The van der Waals surface area contributed by atoms with Crippen LogP contribution in [0.2, 0.25) is 0 Å². The van der Waals surface area contributed by atoms with Gasteiger partial charge in [-0.25, -0.2) is 4.79 Å². The lowest BCUT2D eigenvalue weighted by Gasteiger charge is -2.25. The second kappa shape index (κ2) is 3.07. The Bertz CT molecular complexity index is 666. The van der Waals surface area contributed by atoms with Crippen LogP contribution >= 0.6 is 0 Å². The average Bonchev–Trinajstić information content (AvgIpc) is 2.98. The Morgan fingerprint density at radius 1 is 1.22 bits per heavy atom. The molecule has 0 unspecified atom stereocenters. The highest BCUT2D eigenvalue weighted by Gasteiger charge is 2.47. The number of hydrogen-bond donors (Lipinski definition) is 1. The summed E-state index contributed by atoms with van der Waals surface area (Å²) in [5, 5.41) is 1.02. The number of rotatable bonds is 0. The number of ether oxygens (including phenoxy) is 1. The fourth-order valence-electron chi connectivity index (χ4n) is 3.35. The smallest absolute Gasteiger partial charge is 0.357 e. The fourth-order valence-corrected chi connectivity index (χ4v) is 3.35. The van der Waals surface area contributed by atoms with Gasteiger partial charge in [0.1, 0.15) is 5.69 Å². The monoisotopic (exact) mass is 242 g/mol. The van der Waals surface area contributed by atoms with Crippen molar-refractivity contribution < 1.29 is 9.53 Å². The van der Waals surface area contributed by atoms with E-state index in [0.29, 0.717) is 5.69 Å². The van der Waals surface area contributed by atoms with E-state index in [2.05, 4.69) is 4.57 Å². The molecular formula is C14H14N2O2. The van der Waals surface area contributed by atoms with E-state index < -0.39 is 5.72 Å². The molecule has 0 atom stereocenters. The van der Waals surface area contributed by atoms with Gasteiger partial charge in [-0.3, -0.25) is 4.57 Å². The predicted octanol–water partition coefficient (Wildman–Crippen LogP) is 2.62. The molecule has 0 saturated heterocycles.